The van der Waals surface area contributed by atoms with Crippen LogP contribution in [0.15, 0.2) is 24.5 Å². The Morgan fingerprint density at radius 2 is 2.05 bits per heavy atom. The van der Waals surface area contributed by atoms with E-state index < -0.39 is 5.97 Å². The van der Waals surface area contributed by atoms with Crippen molar-refractivity contribution >= 4 is 5.97 Å². The largest absolute Gasteiger partial charge is 0.476 e. The second-order valence-electron chi connectivity index (χ2n) is 4.29. The fourth-order valence-electron chi connectivity index (χ4n) is 2.17. The molecule has 96 valence electrons. The number of hydrogen-bond acceptors (Lipinski definition) is 5. The van der Waals surface area contributed by atoms with Crippen molar-refractivity contribution in [2.45, 2.75) is 13.0 Å². The lowest BCUT2D eigenvalue weighted by molar-refractivity contribution is 0.0688. The number of carboxylic acid groups (broad SMARTS) is 1. The van der Waals surface area contributed by atoms with Gasteiger partial charge < -0.3 is 10.4 Å². The number of carbonyl (C=O) groups is 1. The highest BCUT2D eigenvalue weighted by atomic mass is 16.4. The van der Waals surface area contributed by atoms with Crippen LogP contribution in [0.1, 0.15) is 21.7 Å². The number of aromatic nitrogens is 3. The molecular formula is C13H12N4O2. The molecule has 0 saturated heterocycles. The number of hydrogen-bond donors (Lipinski definition) is 2. The van der Waals surface area contributed by atoms with E-state index >= 15 is 0 Å². The van der Waals surface area contributed by atoms with E-state index in [1.165, 1.54) is 0 Å². The first-order valence-electron chi connectivity index (χ1n) is 6.00. The second-order valence-corrected chi connectivity index (χ2v) is 4.29. The van der Waals surface area contributed by atoms with Crippen LogP contribution in [-0.2, 0) is 13.0 Å². The van der Waals surface area contributed by atoms with Gasteiger partial charge in [0.25, 0.3) is 0 Å². The summed E-state index contributed by atoms with van der Waals surface area (Å²) in [5.41, 5.74) is 2.39. The van der Waals surface area contributed by atoms with Gasteiger partial charge in [-0.15, -0.1) is 0 Å². The molecule has 0 amide bonds. The van der Waals surface area contributed by atoms with E-state index in [9.17, 15) is 9.90 Å². The van der Waals surface area contributed by atoms with Gasteiger partial charge in [-0.1, -0.05) is 0 Å². The molecule has 0 atom stereocenters. The number of nitrogens with one attached hydrogen (secondary N) is 1. The van der Waals surface area contributed by atoms with E-state index in [0.29, 0.717) is 18.8 Å². The van der Waals surface area contributed by atoms with E-state index in [-0.39, 0.29) is 5.69 Å². The maximum Gasteiger partial charge on any atom is 0.354 e. The Kier molecular flexibility index (Phi) is 2.92. The van der Waals surface area contributed by atoms with Gasteiger partial charge in [-0.3, -0.25) is 4.98 Å². The maximum absolute atomic E-state index is 11.3. The Balaban J connectivity index is 2.17. The van der Waals surface area contributed by atoms with Crippen LogP contribution < -0.4 is 5.32 Å². The number of carboxylic acids is 1. The molecule has 6 nitrogen and oxygen atoms in total. The summed E-state index contributed by atoms with van der Waals surface area (Å²) in [4.78, 5) is 23.9. The van der Waals surface area contributed by atoms with Crippen molar-refractivity contribution in [3.05, 3.63) is 41.5 Å². The SMILES string of the molecule is O=C(O)c1nc(-c2ccncc2)nc2c1CCNC2. The van der Waals surface area contributed by atoms with Crippen LogP contribution in [0.3, 0.4) is 0 Å². The van der Waals surface area contributed by atoms with E-state index in [1.54, 1.807) is 24.5 Å². The summed E-state index contributed by atoms with van der Waals surface area (Å²) in [6.07, 6.45) is 3.92. The van der Waals surface area contributed by atoms with Crippen LogP contribution in [0.4, 0.5) is 0 Å². The molecule has 0 aromatic carbocycles. The Bertz CT molecular complexity index is 628. The molecule has 2 N–H and O–H groups in total. The fourth-order valence-corrected chi connectivity index (χ4v) is 2.17. The molecule has 0 fully saturated rings. The van der Waals surface area contributed by atoms with E-state index in [0.717, 1.165) is 23.4 Å². The Hall–Kier alpha value is -2.34. The highest BCUT2D eigenvalue weighted by Gasteiger charge is 2.21. The van der Waals surface area contributed by atoms with Gasteiger partial charge in [0.15, 0.2) is 11.5 Å². The minimum Gasteiger partial charge on any atom is -0.476 e. The molecule has 1 aliphatic rings. The van der Waals surface area contributed by atoms with Gasteiger partial charge in [0.2, 0.25) is 0 Å². The van der Waals surface area contributed by atoms with Crippen molar-refractivity contribution in [1.29, 1.82) is 0 Å². The third-order valence-corrected chi connectivity index (χ3v) is 3.08. The van der Waals surface area contributed by atoms with Crippen LogP contribution in [0.25, 0.3) is 11.4 Å². The van der Waals surface area contributed by atoms with Gasteiger partial charge in [-0.05, 0) is 25.1 Å². The molecule has 2 aromatic rings. The summed E-state index contributed by atoms with van der Waals surface area (Å²) in [6, 6.07) is 3.53. The van der Waals surface area contributed by atoms with E-state index in [1.807, 2.05) is 0 Å². The van der Waals surface area contributed by atoms with Crippen LogP contribution in [0, 0.1) is 0 Å². The molecule has 0 saturated carbocycles. The monoisotopic (exact) mass is 256 g/mol. The van der Waals surface area contributed by atoms with Gasteiger partial charge in [0.05, 0.1) is 5.69 Å². The average Bonchev–Trinajstić information content (AvgIpc) is 2.47. The molecule has 3 heterocycles. The Morgan fingerprint density at radius 1 is 1.26 bits per heavy atom. The second kappa shape index (κ2) is 4.74. The summed E-state index contributed by atoms with van der Waals surface area (Å²) in [5.74, 6) is -0.571. The smallest absolute Gasteiger partial charge is 0.354 e. The predicted molar refractivity (Wildman–Crippen MR) is 67.6 cm³/mol. The zero-order valence-electron chi connectivity index (χ0n) is 10.1. The highest BCUT2D eigenvalue weighted by Crippen LogP contribution is 2.21. The van der Waals surface area contributed by atoms with Crippen molar-refractivity contribution < 1.29 is 9.90 Å². The zero-order valence-corrected chi connectivity index (χ0v) is 10.1. The molecule has 0 bridgehead atoms. The zero-order chi connectivity index (χ0) is 13.2. The molecule has 19 heavy (non-hydrogen) atoms. The average molecular weight is 256 g/mol. The summed E-state index contributed by atoms with van der Waals surface area (Å²) in [5, 5.41) is 12.5. The molecule has 0 radical (unpaired) electrons. The standard InChI is InChI=1S/C13H12N4O2/c18-13(19)11-9-3-6-15-7-10(9)16-12(17-11)8-1-4-14-5-2-8/h1-2,4-5,15H,3,6-7H2,(H,18,19). The number of aromatic carboxylic acids is 1. The summed E-state index contributed by atoms with van der Waals surface area (Å²) in [7, 11) is 0. The van der Waals surface area contributed by atoms with Crippen molar-refractivity contribution in [2.24, 2.45) is 0 Å². The first-order chi connectivity index (χ1) is 9.25. The quantitative estimate of drug-likeness (QED) is 0.829. The number of rotatable bonds is 2. The van der Waals surface area contributed by atoms with Crippen molar-refractivity contribution in [1.82, 2.24) is 20.3 Å². The normalized spacial score (nSPS) is 13.9. The Morgan fingerprint density at radius 3 is 2.79 bits per heavy atom. The number of pyridine rings is 1. The lowest BCUT2D eigenvalue weighted by atomic mass is 10.0. The van der Waals surface area contributed by atoms with Gasteiger partial charge in [-0.2, -0.15) is 0 Å². The molecular weight excluding hydrogens is 244 g/mol. The first kappa shape index (κ1) is 11.7. The molecule has 0 unspecified atom stereocenters. The molecule has 6 heteroatoms. The third kappa shape index (κ3) is 2.17. The van der Waals surface area contributed by atoms with E-state index in [4.69, 9.17) is 0 Å². The predicted octanol–water partition coefficient (Wildman–Crippen LogP) is 0.882. The van der Waals surface area contributed by atoms with Gasteiger partial charge >= 0.3 is 5.97 Å². The minimum absolute atomic E-state index is 0.110. The van der Waals surface area contributed by atoms with Gasteiger partial charge in [0.1, 0.15) is 0 Å². The maximum atomic E-state index is 11.3. The Labute approximate surface area is 109 Å². The van der Waals surface area contributed by atoms with Crippen LogP contribution in [0.5, 0.6) is 0 Å². The number of nitrogens with zero attached hydrogens (tertiary/aromatic N) is 3. The first-order valence-corrected chi connectivity index (χ1v) is 6.00. The van der Waals surface area contributed by atoms with Crippen molar-refractivity contribution in [3.63, 3.8) is 0 Å². The van der Waals surface area contributed by atoms with Crippen LogP contribution in [0.2, 0.25) is 0 Å². The molecule has 3 rings (SSSR count). The highest BCUT2D eigenvalue weighted by molar-refractivity contribution is 5.88. The number of fused-ring (bicyclic) bond motifs is 1. The van der Waals surface area contributed by atoms with Gasteiger partial charge in [0, 0.05) is 30.1 Å². The van der Waals surface area contributed by atoms with Crippen molar-refractivity contribution in [2.75, 3.05) is 6.54 Å². The van der Waals surface area contributed by atoms with Crippen LogP contribution in [-0.4, -0.2) is 32.6 Å². The van der Waals surface area contributed by atoms with Gasteiger partial charge in [-0.25, -0.2) is 14.8 Å². The summed E-state index contributed by atoms with van der Waals surface area (Å²) >= 11 is 0. The van der Waals surface area contributed by atoms with Crippen molar-refractivity contribution in [3.8, 4) is 11.4 Å². The van der Waals surface area contributed by atoms with Crippen LogP contribution >= 0.6 is 0 Å². The minimum atomic E-state index is -1.00. The summed E-state index contributed by atoms with van der Waals surface area (Å²) in [6.45, 7) is 1.33. The summed E-state index contributed by atoms with van der Waals surface area (Å²) < 4.78 is 0. The fraction of sp³-hybridized carbons (Fsp3) is 0.231. The third-order valence-electron chi connectivity index (χ3n) is 3.08. The molecule has 1 aliphatic heterocycles. The molecule has 0 spiro atoms. The topological polar surface area (TPSA) is 88.0 Å². The molecule has 2 aromatic heterocycles. The molecule has 0 aliphatic carbocycles. The lowest BCUT2D eigenvalue weighted by Gasteiger charge is -2.18. The lowest BCUT2D eigenvalue weighted by Crippen LogP contribution is -2.27. The van der Waals surface area contributed by atoms with E-state index in [2.05, 4.69) is 20.3 Å².